The molecular formula is C14H14N2O2. The molecule has 0 radical (unpaired) electrons. The van der Waals surface area contributed by atoms with Crippen LogP contribution in [0.2, 0.25) is 0 Å². The van der Waals surface area contributed by atoms with Crippen molar-refractivity contribution in [3.05, 3.63) is 67.3 Å². The number of ether oxygens (including phenoxy) is 1. The number of imidazole rings is 1. The Balaban J connectivity index is 2.67. The Morgan fingerprint density at radius 1 is 1.44 bits per heavy atom. The quantitative estimate of drug-likeness (QED) is 0.608. The highest BCUT2D eigenvalue weighted by molar-refractivity contribution is 5.85. The summed E-state index contributed by atoms with van der Waals surface area (Å²) in [4.78, 5) is 16.2. The largest absolute Gasteiger partial charge is 0.467 e. The van der Waals surface area contributed by atoms with Crippen molar-refractivity contribution >= 4 is 5.97 Å². The van der Waals surface area contributed by atoms with Crippen molar-refractivity contribution < 1.29 is 9.53 Å². The van der Waals surface area contributed by atoms with Crippen molar-refractivity contribution in [1.82, 2.24) is 9.55 Å². The van der Waals surface area contributed by atoms with Crippen molar-refractivity contribution in [2.75, 3.05) is 7.11 Å². The van der Waals surface area contributed by atoms with E-state index >= 15 is 0 Å². The number of methoxy groups -OCH3 is 1. The molecule has 0 fully saturated rings. The van der Waals surface area contributed by atoms with Gasteiger partial charge in [-0.25, -0.2) is 9.78 Å². The molecule has 0 amide bonds. The second-order valence-corrected chi connectivity index (χ2v) is 3.80. The maximum atomic E-state index is 12.2. The van der Waals surface area contributed by atoms with E-state index in [9.17, 15) is 4.79 Å². The molecule has 0 spiro atoms. The normalized spacial score (nSPS) is 13.6. The van der Waals surface area contributed by atoms with Gasteiger partial charge < -0.3 is 9.30 Å². The van der Waals surface area contributed by atoms with E-state index in [2.05, 4.69) is 11.6 Å². The van der Waals surface area contributed by atoms with Gasteiger partial charge in [0.1, 0.15) is 0 Å². The molecule has 18 heavy (non-hydrogen) atoms. The fourth-order valence-corrected chi connectivity index (χ4v) is 1.99. The molecule has 2 aromatic rings. The van der Waals surface area contributed by atoms with Gasteiger partial charge in [0.15, 0.2) is 5.54 Å². The van der Waals surface area contributed by atoms with Crippen LogP contribution in [0.15, 0.2) is 61.7 Å². The van der Waals surface area contributed by atoms with E-state index in [-0.39, 0.29) is 0 Å². The Labute approximate surface area is 106 Å². The SMILES string of the molecule is C=CC(C(=O)OC)(c1ccccc1)n1ccnc1. The fraction of sp³-hybridized carbons (Fsp3) is 0.143. The average molecular weight is 242 g/mol. The summed E-state index contributed by atoms with van der Waals surface area (Å²) in [6, 6.07) is 9.35. The van der Waals surface area contributed by atoms with E-state index in [1.165, 1.54) is 7.11 Å². The molecule has 0 saturated carbocycles. The lowest BCUT2D eigenvalue weighted by atomic mass is 9.89. The number of aromatic nitrogens is 2. The molecule has 2 rings (SSSR count). The molecule has 4 nitrogen and oxygen atoms in total. The Hall–Kier alpha value is -2.36. The zero-order chi connectivity index (χ0) is 13.0. The molecular weight excluding hydrogens is 228 g/mol. The highest BCUT2D eigenvalue weighted by atomic mass is 16.5. The van der Waals surface area contributed by atoms with Gasteiger partial charge in [0, 0.05) is 12.4 Å². The minimum atomic E-state index is -1.08. The summed E-state index contributed by atoms with van der Waals surface area (Å²) < 4.78 is 6.61. The molecule has 0 aliphatic carbocycles. The van der Waals surface area contributed by atoms with Gasteiger partial charge in [0.25, 0.3) is 0 Å². The second-order valence-electron chi connectivity index (χ2n) is 3.80. The van der Waals surface area contributed by atoms with Crippen molar-refractivity contribution in [3.63, 3.8) is 0 Å². The number of carbonyl (C=O) groups excluding carboxylic acids is 1. The first-order chi connectivity index (χ1) is 8.75. The Morgan fingerprint density at radius 3 is 2.67 bits per heavy atom. The fourth-order valence-electron chi connectivity index (χ4n) is 1.99. The molecule has 0 aliphatic rings. The van der Waals surface area contributed by atoms with E-state index in [4.69, 9.17) is 4.74 Å². The molecule has 1 unspecified atom stereocenters. The van der Waals surface area contributed by atoms with Crippen molar-refractivity contribution in [2.24, 2.45) is 0 Å². The molecule has 0 bridgehead atoms. The lowest BCUT2D eigenvalue weighted by molar-refractivity contribution is -0.146. The first-order valence-corrected chi connectivity index (χ1v) is 5.51. The second kappa shape index (κ2) is 4.87. The summed E-state index contributed by atoms with van der Waals surface area (Å²) in [6.07, 6.45) is 6.47. The molecule has 0 saturated heterocycles. The molecule has 4 heteroatoms. The predicted molar refractivity (Wildman–Crippen MR) is 68.0 cm³/mol. The highest BCUT2D eigenvalue weighted by Gasteiger charge is 2.40. The monoisotopic (exact) mass is 242 g/mol. The van der Waals surface area contributed by atoms with Crippen LogP contribution in [0.3, 0.4) is 0 Å². The molecule has 1 heterocycles. The van der Waals surface area contributed by atoms with Crippen LogP contribution >= 0.6 is 0 Å². The highest BCUT2D eigenvalue weighted by Crippen LogP contribution is 2.29. The first-order valence-electron chi connectivity index (χ1n) is 5.51. The van der Waals surface area contributed by atoms with E-state index in [1.54, 1.807) is 29.4 Å². The number of hydrogen-bond acceptors (Lipinski definition) is 3. The van der Waals surface area contributed by atoms with Crippen molar-refractivity contribution in [3.8, 4) is 0 Å². The number of esters is 1. The van der Waals surface area contributed by atoms with Gasteiger partial charge in [-0.3, -0.25) is 0 Å². The maximum absolute atomic E-state index is 12.2. The topological polar surface area (TPSA) is 44.1 Å². The maximum Gasteiger partial charge on any atom is 0.340 e. The van der Waals surface area contributed by atoms with Gasteiger partial charge in [-0.05, 0) is 5.56 Å². The zero-order valence-corrected chi connectivity index (χ0v) is 10.1. The summed E-state index contributed by atoms with van der Waals surface area (Å²) in [7, 11) is 1.36. The van der Waals surface area contributed by atoms with Crippen molar-refractivity contribution in [2.45, 2.75) is 5.54 Å². The standard InChI is InChI=1S/C14H14N2O2/c1-3-14(13(17)18-2,16-10-9-15-11-16)12-7-5-4-6-8-12/h3-11H,1H2,2H3. The summed E-state index contributed by atoms with van der Waals surface area (Å²) in [6.45, 7) is 3.79. The smallest absolute Gasteiger partial charge is 0.340 e. The van der Waals surface area contributed by atoms with Gasteiger partial charge in [-0.2, -0.15) is 0 Å². The average Bonchev–Trinajstić information content (AvgIpc) is 2.95. The minimum Gasteiger partial charge on any atom is -0.467 e. The summed E-state index contributed by atoms with van der Waals surface area (Å²) >= 11 is 0. The molecule has 1 aromatic heterocycles. The molecule has 0 aliphatic heterocycles. The van der Waals surface area contributed by atoms with Crippen LogP contribution in [0.25, 0.3) is 0 Å². The Morgan fingerprint density at radius 2 is 2.17 bits per heavy atom. The number of nitrogens with zero attached hydrogens (tertiary/aromatic N) is 2. The zero-order valence-electron chi connectivity index (χ0n) is 10.1. The molecule has 92 valence electrons. The van der Waals surface area contributed by atoms with E-state index in [0.717, 1.165) is 5.56 Å². The first kappa shape index (κ1) is 12.1. The van der Waals surface area contributed by atoms with E-state index in [1.807, 2.05) is 30.3 Å². The third kappa shape index (κ3) is 1.72. The number of hydrogen-bond donors (Lipinski definition) is 0. The van der Waals surface area contributed by atoms with Gasteiger partial charge in [-0.15, -0.1) is 0 Å². The van der Waals surface area contributed by atoms with Gasteiger partial charge >= 0.3 is 5.97 Å². The van der Waals surface area contributed by atoms with Crippen LogP contribution in [0.5, 0.6) is 0 Å². The summed E-state index contributed by atoms with van der Waals surface area (Å²) in [5, 5.41) is 0. The lowest BCUT2D eigenvalue weighted by Crippen LogP contribution is -2.41. The van der Waals surface area contributed by atoms with Gasteiger partial charge in [0.2, 0.25) is 0 Å². The van der Waals surface area contributed by atoms with Crippen LogP contribution in [-0.2, 0) is 15.1 Å². The predicted octanol–water partition coefficient (Wildman–Crippen LogP) is 1.99. The van der Waals surface area contributed by atoms with E-state index < -0.39 is 11.5 Å². The van der Waals surface area contributed by atoms with Crippen LogP contribution in [0, 0.1) is 0 Å². The number of carbonyl (C=O) groups is 1. The Kier molecular flexibility index (Phi) is 3.28. The van der Waals surface area contributed by atoms with Crippen LogP contribution in [0.1, 0.15) is 5.56 Å². The lowest BCUT2D eigenvalue weighted by Gasteiger charge is -2.29. The molecule has 0 N–H and O–H groups in total. The third-order valence-corrected chi connectivity index (χ3v) is 2.92. The number of benzene rings is 1. The number of rotatable bonds is 4. The van der Waals surface area contributed by atoms with Crippen LogP contribution in [0.4, 0.5) is 0 Å². The minimum absolute atomic E-state index is 0.401. The summed E-state index contributed by atoms with van der Waals surface area (Å²) in [5.41, 5.74) is -0.295. The summed E-state index contributed by atoms with van der Waals surface area (Å²) in [5.74, 6) is -0.401. The molecule has 1 atom stereocenters. The van der Waals surface area contributed by atoms with Crippen molar-refractivity contribution in [1.29, 1.82) is 0 Å². The van der Waals surface area contributed by atoms with E-state index in [0.29, 0.717) is 0 Å². The molecule has 1 aromatic carbocycles. The van der Waals surface area contributed by atoms with Gasteiger partial charge in [-0.1, -0.05) is 43.0 Å². The van der Waals surface area contributed by atoms with Crippen LogP contribution < -0.4 is 0 Å². The Bertz CT molecular complexity index is 534. The third-order valence-electron chi connectivity index (χ3n) is 2.92. The van der Waals surface area contributed by atoms with Gasteiger partial charge in [0.05, 0.1) is 13.4 Å². The van der Waals surface area contributed by atoms with Crippen LogP contribution in [-0.4, -0.2) is 22.6 Å².